The highest BCUT2D eigenvalue weighted by Gasteiger charge is 2.11. The molecule has 0 N–H and O–H groups in total. The van der Waals surface area contributed by atoms with Crippen LogP contribution in [0.5, 0.6) is 0 Å². The van der Waals surface area contributed by atoms with E-state index in [9.17, 15) is 0 Å². The summed E-state index contributed by atoms with van der Waals surface area (Å²) in [6, 6.07) is 47.6. The number of hydrogen-bond donors (Lipinski definition) is 0. The molecule has 0 fully saturated rings. The van der Waals surface area contributed by atoms with Crippen molar-refractivity contribution in [2.45, 2.75) is 26.2 Å². The first-order chi connectivity index (χ1) is 22.7. The maximum atomic E-state index is 2.31. The minimum atomic E-state index is 0.835. The molecule has 0 unspecified atom stereocenters. The SMILES string of the molecule is c1ccc(C[n+]2ccc(-c3cc[n+](Cc4cccc(C[n+]5ccc(-c6cc[n+](Cc7ccccc7)cc6)cc5)c4)cc3)cc2)cc1. The predicted octanol–water partition coefficient (Wildman–Crippen LogP) is 6.36. The summed E-state index contributed by atoms with van der Waals surface area (Å²) in [4.78, 5) is 0. The maximum absolute atomic E-state index is 2.31. The lowest BCUT2D eigenvalue weighted by Crippen LogP contribution is -2.34. The van der Waals surface area contributed by atoms with E-state index in [4.69, 9.17) is 0 Å². The fraction of sp³-hybridized carbons (Fsp3) is 0.0952. The van der Waals surface area contributed by atoms with Crippen LogP contribution in [0.1, 0.15) is 22.3 Å². The van der Waals surface area contributed by atoms with Crippen LogP contribution in [-0.4, -0.2) is 0 Å². The molecule has 0 atom stereocenters. The fourth-order valence-electron chi connectivity index (χ4n) is 5.86. The summed E-state index contributed by atoms with van der Waals surface area (Å²) in [6.07, 6.45) is 17.3. The first-order valence-corrected chi connectivity index (χ1v) is 15.9. The normalized spacial score (nSPS) is 11.0. The Balaban J connectivity index is 0.950. The van der Waals surface area contributed by atoms with E-state index in [1.54, 1.807) is 0 Å². The summed E-state index contributed by atoms with van der Waals surface area (Å²) < 4.78 is 8.91. The number of hydrogen-bond acceptors (Lipinski definition) is 0. The van der Waals surface area contributed by atoms with Crippen molar-refractivity contribution in [3.05, 3.63) is 205 Å². The molecule has 0 aliphatic rings. The molecule has 4 heterocycles. The molecule has 3 aromatic carbocycles. The molecule has 46 heavy (non-hydrogen) atoms. The number of nitrogens with zero attached hydrogens (tertiary/aromatic N) is 4. The van der Waals surface area contributed by atoms with Crippen molar-refractivity contribution in [3.63, 3.8) is 0 Å². The summed E-state index contributed by atoms with van der Waals surface area (Å²) in [5.41, 5.74) is 10.1. The van der Waals surface area contributed by atoms with Gasteiger partial charge in [0.15, 0.2) is 75.8 Å². The molecule has 7 rings (SSSR count). The van der Waals surface area contributed by atoms with Gasteiger partial charge in [-0.25, -0.2) is 18.3 Å². The molecule has 0 saturated heterocycles. The van der Waals surface area contributed by atoms with Crippen LogP contribution in [0, 0.1) is 0 Å². The van der Waals surface area contributed by atoms with E-state index in [2.05, 4.69) is 201 Å². The van der Waals surface area contributed by atoms with E-state index in [0.29, 0.717) is 0 Å². The van der Waals surface area contributed by atoms with Crippen LogP contribution in [0.4, 0.5) is 0 Å². The van der Waals surface area contributed by atoms with E-state index in [-0.39, 0.29) is 0 Å². The molecule has 0 spiro atoms. The van der Waals surface area contributed by atoms with E-state index < -0.39 is 0 Å². The van der Waals surface area contributed by atoms with Crippen LogP contribution in [0.3, 0.4) is 0 Å². The summed E-state index contributed by atoms with van der Waals surface area (Å²) in [5, 5.41) is 0. The molecular formula is C42H38N4+4. The van der Waals surface area contributed by atoms with Gasteiger partial charge in [0.05, 0.1) is 0 Å². The standard InChI is InChI=1S/C42H38N4/c1-3-8-35(9-4-1)31-43-22-14-39(15-23-43)41-18-26-45(27-19-41)33-37-12-7-13-38(30-37)34-46-28-20-42(21-29-46)40-16-24-44(25-17-40)32-36-10-5-2-6-11-36/h1-30H,31-34H2/q+4. The van der Waals surface area contributed by atoms with Gasteiger partial charge in [-0.1, -0.05) is 78.9 Å². The number of pyridine rings is 4. The van der Waals surface area contributed by atoms with Crippen molar-refractivity contribution >= 4 is 0 Å². The van der Waals surface area contributed by atoms with Gasteiger partial charge in [-0.15, -0.1) is 0 Å². The third-order valence-electron chi connectivity index (χ3n) is 8.37. The molecular weight excluding hydrogens is 560 g/mol. The van der Waals surface area contributed by atoms with Gasteiger partial charge < -0.3 is 0 Å². The molecule has 0 amide bonds. The van der Waals surface area contributed by atoms with Gasteiger partial charge in [0, 0.05) is 70.8 Å². The quantitative estimate of drug-likeness (QED) is 0.163. The Morgan fingerprint density at radius 1 is 0.261 bits per heavy atom. The van der Waals surface area contributed by atoms with Gasteiger partial charge in [0.25, 0.3) is 0 Å². The second-order valence-electron chi connectivity index (χ2n) is 11.8. The highest BCUT2D eigenvalue weighted by atomic mass is 14.9. The number of aromatic nitrogens is 4. The van der Waals surface area contributed by atoms with Crippen molar-refractivity contribution in [1.82, 2.24) is 0 Å². The third-order valence-corrected chi connectivity index (χ3v) is 8.37. The first kappa shape index (κ1) is 29.0. The topological polar surface area (TPSA) is 15.5 Å². The van der Waals surface area contributed by atoms with Gasteiger partial charge in [0.2, 0.25) is 0 Å². The van der Waals surface area contributed by atoms with Gasteiger partial charge in [-0.2, -0.15) is 0 Å². The molecule has 0 radical (unpaired) electrons. The summed E-state index contributed by atoms with van der Waals surface area (Å²) >= 11 is 0. The van der Waals surface area contributed by atoms with Crippen molar-refractivity contribution in [2.24, 2.45) is 0 Å². The molecule has 0 aliphatic carbocycles. The van der Waals surface area contributed by atoms with Crippen LogP contribution < -0.4 is 18.3 Å². The molecule has 0 aliphatic heterocycles. The zero-order valence-electron chi connectivity index (χ0n) is 25.9. The molecule has 0 bridgehead atoms. The molecule has 7 aromatic rings. The van der Waals surface area contributed by atoms with Gasteiger partial charge in [-0.05, 0) is 28.3 Å². The first-order valence-electron chi connectivity index (χ1n) is 15.9. The van der Waals surface area contributed by atoms with Crippen LogP contribution in [0.15, 0.2) is 183 Å². The van der Waals surface area contributed by atoms with Crippen molar-refractivity contribution < 1.29 is 18.3 Å². The number of benzene rings is 3. The lowest BCUT2D eigenvalue weighted by molar-refractivity contribution is -0.689. The predicted molar refractivity (Wildman–Crippen MR) is 180 cm³/mol. The van der Waals surface area contributed by atoms with Crippen LogP contribution >= 0.6 is 0 Å². The Labute approximate surface area is 271 Å². The Bertz CT molecular complexity index is 1840. The molecule has 4 heteroatoms. The largest absolute Gasteiger partial charge is 0.201 e. The average molecular weight is 599 g/mol. The van der Waals surface area contributed by atoms with E-state index in [0.717, 1.165) is 26.2 Å². The molecule has 4 nitrogen and oxygen atoms in total. The summed E-state index contributed by atoms with van der Waals surface area (Å²) in [6.45, 7) is 3.43. The Hall–Kier alpha value is -5.74. The second-order valence-corrected chi connectivity index (χ2v) is 11.8. The molecule has 4 aromatic heterocycles. The zero-order valence-corrected chi connectivity index (χ0v) is 25.9. The lowest BCUT2D eigenvalue weighted by atomic mass is 10.1. The lowest BCUT2D eigenvalue weighted by Gasteiger charge is -2.04. The number of rotatable bonds is 10. The summed E-state index contributed by atoms with van der Waals surface area (Å²) in [5.74, 6) is 0. The minimum absolute atomic E-state index is 0.835. The fourth-order valence-corrected chi connectivity index (χ4v) is 5.86. The van der Waals surface area contributed by atoms with E-state index in [1.807, 2.05) is 0 Å². The van der Waals surface area contributed by atoms with Crippen LogP contribution in [0.2, 0.25) is 0 Å². The van der Waals surface area contributed by atoms with Crippen molar-refractivity contribution in [1.29, 1.82) is 0 Å². The second kappa shape index (κ2) is 13.9. The third kappa shape index (κ3) is 7.48. The monoisotopic (exact) mass is 598 g/mol. The highest BCUT2D eigenvalue weighted by molar-refractivity contribution is 5.61. The van der Waals surface area contributed by atoms with Gasteiger partial charge in [-0.3, -0.25) is 0 Å². The average Bonchev–Trinajstić information content (AvgIpc) is 3.11. The van der Waals surface area contributed by atoms with E-state index in [1.165, 1.54) is 44.5 Å². The van der Waals surface area contributed by atoms with Crippen LogP contribution in [0.25, 0.3) is 22.3 Å². The van der Waals surface area contributed by atoms with Crippen molar-refractivity contribution in [3.8, 4) is 22.3 Å². The maximum Gasteiger partial charge on any atom is 0.173 e. The minimum Gasteiger partial charge on any atom is -0.201 e. The Kier molecular flexibility index (Phi) is 8.77. The van der Waals surface area contributed by atoms with Gasteiger partial charge >= 0.3 is 0 Å². The van der Waals surface area contributed by atoms with Crippen LogP contribution in [-0.2, 0) is 26.2 Å². The Morgan fingerprint density at radius 2 is 0.522 bits per heavy atom. The van der Waals surface area contributed by atoms with Crippen molar-refractivity contribution in [2.75, 3.05) is 0 Å². The zero-order chi connectivity index (χ0) is 31.0. The summed E-state index contributed by atoms with van der Waals surface area (Å²) in [7, 11) is 0. The molecule has 0 saturated carbocycles. The molecule has 222 valence electrons. The highest BCUT2D eigenvalue weighted by Crippen LogP contribution is 2.17. The Morgan fingerprint density at radius 3 is 0.826 bits per heavy atom. The smallest absolute Gasteiger partial charge is 0.173 e. The van der Waals surface area contributed by atoms with Gasteiger partial charge in [0.1, 0.15) is 0 Å². The van der Waals surface area contributed by atoms with E-state index >= 15 is 0 Å².